The van der Waals surface area contributed by atoms with Crippen LogP contribution in [0.25, 0.3) is 0 Å². The van der Waals surface area contributed by atoms with Crippen molar-refractivity contribution in [1.82, 2.24) is 0 Å². The van der Waals surface area contributed by atoms with E-state index in [9.17, 15) is 0 Å². The molecule has 0 nitrogen and oxygen atoms in total. The minimum Gasteiger partial charge on any atom is -0.0885 e. The number of rotatable bonds is 3. The minimum atomic E-state index is 0.970. The zero-order valence-corrected chi connectivity index (χ0v) is 8.26. The molecular formula is C12H21. The highest BCUT2D eigenvalue weighted by atomic mass is 14.1. The molecule has 0 N–H and O–H groups in total. The van der Waals surface area contributed by atoms with Crippen LogP contribution in [0.15, 0.2) is 12.2 Å². The maximum absolute atomic E-state index is 2.39. The Labute approximate surface area is 77.1 Å². The molecule has 0 aromatic heterocycles. The van der Waals surface area contributed by atoms with E-state index in [1.54, 1.807) is 0 Å². The van der Waals surface area contributed by atoms with E-state index in [-0.39, 0.29) is 0 Å². The lowest BCUT2D eigenvalue weighted by Crippen LogP contribution is -2.00. The first kappa shape index (κ1) is 9.83. The molecule has 0 aliphatic heterocycles. The van der Waals surface area contributed by atoms with Gasteiger partial charge in [-0.05, 0) is 38.0 Å². The van der Waals surface area contributed by atoms with E-state index in [2.05, 4.69) is 25.5 Å². The van der Waals surface area contributed by atoms with Gasteiger partial charge in [0.15, 0.2) is 0 Å². The summed E-state index contributed by atoms with van der Waals surface area (Å²) in [5, 5.41) is 0. The van der Waals surface area contributed by atoms with E-state index >= 15 is 0 Å². The number of hydrogen-bond acceptors (Lipinski definition) is 0. The quantitative estimate of drug-likeness (QED) is 0.552. The van der Waals surface area contributed by atoms with E-state index in [0.717, 1.165) is 5.92 Å². The molecule has 0 aromatic rings. The molecule has 0 amide bonds. The zero-order valence-electron chi connectivity index (χ0n) is 8.26. The summed E-state index contributed by atoms with van der Waals surface area (Å²) in [7, 11) is 0. The Balaban J connectivity index is 2.20. The smallest absolute Gasteiger partial charge is 0.0322 e. The number of allylic oxidation sites excluding steroid dienone is 2. The summed E-state index contributed by atoms with van der Waals surface area (Å²) in [4.78, 5) is 0. The van der Waals surface area contributed by atoms with E-state index in [4.69, 9.17) is 0 Å². The molecule has 0 saturated carbocycles. The van der Waals surface area contributed by atoms with Crippen molar-refractivity contribution in [1.29, 1.82) is 0 Å². The zero-order chi connectivity index (χ0) is 8.65. The van der Waals surface area contributed by atoms with E-state index < -0.39 is 0 Å². The van der Waals surface area contributed by atoms with Gasteiger partial charge < -0.3 is 0 Å². The first-order chi connectivity index (χ1) is 5.93. The lowest BCUT2D eigenvalue weighted by Gasteiger charge is -2.15. The Morgan fingerprint density at radius 1 is 1.33 bits per heavy atom. The van der Waals surface area contributed by atoms with Crippen molar-refractivity contribution in [3.63, 3.8) is 0 Å². The maximum atomic E-state index is 2.39. The molecule has 0 heteroatoms. The summed E-state index contributed by atoms with van der Waals surface area (Å²) >= 11 is 0. The normalized spacial score (nSPS) is 27.6. The van der Waals surface area contributed by atoms with Crippen LogP contribution in [0.3, 0.4) is 0 Å². The molecule has 1 unspecified atom stereocenters. The third-order valence-corrected chi connectivity index (χ3v) is 2.73. The molecular weight excluding hydrogens is 144 g/mol. The predicted molar refractivity (Wildman–Crippen MR) is 54.9 cm³/mol. The van der Waals surface area contributed by atoms with Gasteiger partial charge in [-0.25, -0.2) is 0 Å². The van der Waals surface area contributed by atoms with Gasteiger partial charge in [0.05, 0.1) is 0 Å². The first-order valence-electron chi connectivity index (χ1n) is 5.36. The second-order valence-electron chi connectivity index (χ2n) is 3.84. The van der Waals surface area contributed by atoms with Crippen LogP contribution in [0, 0.1) is 12.3 Å². The van der Waals surface area contributed by atoms with E-state index in [1.807, 2.05) is 0 Å². The molecule has 1 atom stereocenters. The highest BCUT2D eigenvalue weighted by molar-refractivity contribution is 4.86. The van der Waals surface area contributed by atoms with Crippen LogP contribution >= 0.6 is 0 Å². The fraction of sp³-hybridized carbons (Fsp3) is 0.750. The Morgan fingerprint density at radius 2 is 2.25 bits per heavy atom. The monoisotopic (exact) mass is 165 g/mol. The van der Waals surface area contributed by atoms with Gasteiger partial charge in [-0.15, -0.1) is 0 Å². The van der Waals surface area contributed by atoms with Gasteiger partial charge in [0, 0.05) is 0 Å². The van der Waals surface area contributed by atoms with Crippen molar-refractivity contribution >= 4 is 0 Å². The van der Waals surface area contributed by atoms with Crippen molar-refractivity contribution < 1.29 is 0 Å². The third kappa shape index (κ3) is 3.94. The van der Waals surface area contributed by atoms with Crippen molar-refractivity contribution in [3.8, 4) is 0 Å². The lowest BCUT2D eigenvalue weighted by molar-refractivity contribution is 0.427. The molecule has 1 rings (SSSR count). The SMILES string of the molecule is C[CH]CCC1C/C=C\CCCC1. The van der Waals surface area contributed by atoms with Gasteiger partial charge in [0.2, 0.25) is 0 Å². The molecule has 1 aliphatic rings. The summed E-state index contributed by atoms with van der Waals surface area (Å²) in [5.74, 6) is 0.970. The Hall–Kier alpha value is -0.260. The Bertz CT molecular complexity index is 124. The van der Waals surface area contributed by atoms with E-state index in [1.165, 1.54) is 44.9 Å². The second kappa shape index (κ2) is 6.28. The van der Waals surface area contributed by atoms with Crippen LogP contribution in [-0.2, 0) is 0 Å². The fourth-order valence-corrected chi connectivity index (χ4v) is 1.88. The summed E-state index contributed by atoms with van der Waals surface area (Å²) < 4.78 is 0. The van der Waals surface area contributed by atoms with Gasteiger partial charge in [0.1, 0.15) is 0 Å². The van der Waals surface area contributed by atoms with Crippen LogP contribution in [-0.4, -0.2) is 0 Å². The third-order valence-electron chi connectivity index (χ3n) is 2.73. The minimum absolute atomic E-state index is 0.970. The standard InChI is InChI=1S/C12H21/c1-2-3-9-12-10-7-5-4-6-8-11-12/h2,5,7,12H,3-4,6,8-11H2,1H3/b7-5-. The van der Waals surface area contributed by atoms with Gasteiger partial charge in [-0.2, -0.15) is 0 Å². The fourth-order valence-electron chi connectivity index (χ4n) is 1.88. The molecule has 0 aromatic carbocycles. The average molecular weight is 165 g/mol. The molecule has 0 fully saturated rings. The lowest BCUT2D eigenvalue weighted by atomic mass is 9.90. The molecule has 0 heterocycles. The number of hydrogen-bond donors (Lipinski definition) is 0. The predicted octanol–water partition coefficient (Wildman–Crippen LogP) is 4.13. The highest BCUT2D eigenvalue weighted by Crippen LogP contribution is 2.22. The Kier molecular flexibility index (Phi) is 5.14. The number of unbranched alkanes of at least 4 members (excludes halogenated alkanes) is 1. The first-order valence-corrected chi connectivity index (χ1v) is 5.36. The summed E-state index contributed by atoms with van der Waals surface area (Å²) in [6.45, 7) is 2.17. The summed E-state index contributed by atoms with van der Waals surface area (Å²) in [6, 6.07) is 0. The van der Waals surface area contributed by atoms with Crippen LogP contribution in [0.4, 0.5) is 0 Å². The second-order valence-corrected chi connectivity index (χ2v) is 3.84. The van der Waals surface area contributed by atoms with Crippen LogP contribution in [0.2, 0.25) is 0 Å². The van der Waals surface area contributed by atoms with Crippen molar-refractivity contribution in [2.24, 2.45) is 5.92 Å². The summed E-state index contributed by atoms with van der Waals surface area (Å²) in [6.07, 6.45) is 16.7. The molecule has 69 valence electrons. The molecule has 1 radical (unpaired) electrons. The van der Waals surface area contributed by atoms with Crippen LogP contribution < -0.4 is 0 Å². The van der Waals surface area contributed by atoms with Gasteiger partial charge >= 0.3 is 0 Å². The molecule has 1 aliphatic carbocycles. The van der Waals surface area contributed by atoms with Crippen molar-refractivity contribution in [2.45, 2.75) is 51.9 Å². The van der Waals surface area contributed by atoms with Gasteiger partial charge in [0.25, 0.3) is 0 Å². The van der Waals surface area contributed by atoms with Crippen molar-refractivity contribution in [3.05, 3.63) is 18.6 Å². The maximum Gasteiger partial charge on any atom is -0.0322 e. The van der Waals surface area contributed by atoms with Gasteiger partial charge in [-0.3, -0.25) is 0 Å². The molecule has 0 saturated heterocycles. The largest absolute Gasteiger partial charge is 0.0885 e. The average Bonchev–Trinajstić information content (AvgIpc) is 2.02. The molecule has 12 heavy (non-hydrogen) atoms. The Morgan fingerprint density at radius 3 is 3.08 bits per heavy atom. The topological polar surface area (TPSA) is 0 Å². The van der Waals surface area contributed by atoms with Crippen LogP contribution in [0.1, 0.15) is 51.9 Å². The highest BCUT2D eigenvalue weighted by Gasteiger charge is 2.07. The van der Waals surface area contributed by atoms with Crippen molar-refractivity contribution in [2.75, 3.05) is 0 Å². The van der Waals surface area contributed by atoms with Gasteiger partial charge in [-0.1, -0.05) is 38.3 Å². The summed E-state index contributed by atoms with van der Waals surface area (Å²) in [5.41, 5.74) is 0. The van der Waals surface area contributed by atoms with Crippen LogP contribution in [0.5, 0.6) is 0 Å². The van der Waals surface area contributed by atoms with E-state index in [0.29, 0.717) is 0 Å². The molecule has 0 spiro atoms. The molecule has 0 bridgehead atoms.